The number of aryl methyl sites for hydroxylation is 1. The molecule has 0 radical (unpaired) electrons. The van der Waals surface area contributed by atoms with Gasteiger partial charge in [-0.2, -0.15) is 11.8 Å². The Labute approximate surface area is 164 Å². The molecule has 140 valence electrons. The first kappa shape index (κ1) is 17.4. The van der Waals surface area contributed by atoms with Crippen molar-refractivity contribution < 1.29 is 8.42 Å². The van der Waals surface area contributed by atoms with Gasteiger partial charge in [-0.1, -0.05) is 0 Å². The van der Waals surface area contributed by atoms with E-state index in [1.165, 1.54) is 4.88 Å². The molecule has 1 aromatic carbocycles. The van der Waals surface area contributed by atoms with Crippen molar-refractivity contribution in [3.63, 3.8) is 0 Å². The second kappa shape index (κ2) is 6.44. The molecule has 0 atom stereocenters. The van der Waals surface area contributed by atoms with Crippen LogP contribution in [0.25, 0.3) is 21.6 Å². The molecule has 6 nitrogen and oxygen atoms in total. The van der Waals surface area contributed by atoms with Gasteiger partial charge in [0.15, 0.2) is 0 Å². The molecule has 27 heavy (non-hydrogen) atoms. The van der Waals surface area contributed by atoms with Crippen LogP contribution in [0.4, 0.5) is 0 Å². The van der Waals surface area contributed by atoms with Gasteiger partial charge in [-0.25, -0.2) is 18.1 Å². The van der Waals surface area contributed by atoms with Crippen LogP contribution in [0.1, 0.15) is 23.3 Å². The van der Waals surface area contributed by atoms with E-state index in [-0.39, 0.29) is 16.5 Å². The van der Waals surface area contributed by atoms with E-state index in [4.69, 9.17) is 0 Å². The van der Waals surface area contributed by atoms with E-state index in [9.17, 15) is 13.2 Å². The SMILES string of the molecule is O=c1[nH]c(-c2ccc(S(=O)(=O)NC3CC3)cc2)nc2sc3c(c12)CCSC3. The number of thioether (sulfide) groups is 1. The second-order valence-corrected chi connectivity index (χ2v) is 10.7. The van der Waals surface area contributed by atoms with Crippen molar-refractivity contribution in [1.29, 1.82) is 0 Å². The van der Waals surface area contributed by atoms with Gasteiger partial charge in [0.05, 0.1) is 10.3 Å². The Morgan fingerprint density at radius 1 is 1.19 bits per heavy atom. The average molecular weight is 420 g/mol. The maximum Gasteiger partial charge on any atom is 0.260 e. The Hall–Kier alpha value is -1.68. The van der Waals surface area contributed by atoms with Crippen LogP contribution in [0.15, 0.2) is 34.0 Å². The average Bonchev–Trinajstić information content (AvgIpc) is 3.37. The van der Waals surface area contributed by atoms with Crippen LogP contribution < -0.4 is 10.3 Å². The summed E-state index contributed by atoms with van der Waals surface area (Å²) in [5.41, 5.74) is 1.72. The third-order valence-corrected chi connectivity index (χ3v) is 8.64. The van der Waals surface area contributed by atoms with Crippen molar-refractivity contribution in [3.05, 3.63) is 45.1 Å². The van der Waals surface area contributed by atoms with E-state index < -0.39 is 10.0 Å². The summed E-state index contributed by atoms with van der Waals surface area (Å²) in [6, 6.07) is 6.56. The van der Waals surface area contributed by atoms with E-state index in [0.29, 0.717) is 16.8 Å². The molecule has 0 unspecified atom stereocenters. The molecule has 1 fully saturated rings. The Bertz CT molecular complexity index is 1190. The molecule has 5 rings (SSSR count). The minimum Gasteiger partial charge on any atom is -0.306 e. The minimum atomic E-state index is -3.48. The molecule has 0 bridgehead atoms. The van der Waals surface area contributed by atoms with Gasteiger partial charge in [-0.3, -0.25) is 4.79 Å². The molecule has 2 aliphatic rings. The van der Waals surface area contributed by atoms with E-state index >= 15 is 0 Å². The van der Waals surface area contributed by atoms with Crippen LogP contribution in [0.3, 0.4) is 0 Å². The third-order valence-electron chi connectivity index (χ3n) is 4.81. The van der Waals surface area contributed by atoms with Gasteiger partial charge in [0, 0.05) is 22.2 Å². The van der Waals surface area contributed by atoms with E-state index in [0.717, 1.165) is 41.2 Å². The molecule has 0 spiro atoms. The zero-order valence-electron chi connectivity index (χ0n) is 14.3. The molecule has 9 heteroatoms. The number of rotatable bonds is 4. The van der Waals surface area contributed by atoms with Gasteiger partial charge in [0.1, 0.15) is 10.7 Å². The highest BCUT2D eigenvalue weighted by Crippen LogP contribution is 2.36. The van der Waals surface area contributed by atoms with Gasteiger partial charge in [-0.05, 0) is 54.8 Å². The number of H-pyrrole nitrogens is 1. The van der Waals surface area contributed by atoms with Crippen LogP contribution in [-0.2, 0) is 22.2 Å². The van der Waals surface area contributed by atoms with Gasteiger partial charge in [0.25, 0.3) is 5.56 Å². The van der Waals surface area contributed by atoms with Crippen molar-refractivity contribution in [2.24, 2.45) is 0 Å². The molecule has 2 N–H and O–H groups in total. The number of thiophene rings is 1. The fraction of sp³-hybridized carbons (Fsp3) is 0.333. The number of aromatic nitrogens is 2. The molecule has 3 aromatic rings. The number of nitrogens with zero attached hydrogens (tertiary/aromatic N) is 1. The van der Waals surface area contributed by atoms with E-state index in [1.807, 2.05) is 11.8 Å². The zero-order chi connectivity index (χ0) is 18.6. The normalized spacial score (nSPS) is 17.2. The molecular formula is C18H17N3O3S3. The summed E-state index contributed by atoms with van der Waals surface area (Å²) in [4.78, 5) is 22.4. The Kier molecular flexibility index (Phi) is 4.15. The summed E-state index contributed by atoms with van der Waals surface area (Å²) in [5.74, 6) is 2.44. The topological polar surface area (TPSA) is 91.9 Å². The third kappa shape index (κ3) is 3.22. The Morgan fingerprint density at radius 2 is 1.96 bits per heavy atom. The van der Waals surface area contributed by atoms with E-state index in [1.54, 1.807) is 35.6 Å². The minimum absolute atomic E-state index is 0.0677. The summed E-state index contributed by atoms with van der Waals surface area (Å²) in [6.07, 6.45) is 2.70. The molecular weight excluding hydrogens is 402 g/mol. The van der Waals surface area contributed by atoms with Crippen LogP contribution >= 0.6 is 23.1 Å². The van der Waals surface area contributed by atoms with Crippen molar-refractivity contribution in [2.75, 3.05) is 5.75 Å². The summed E-state index contributed by atoms with van der Waals surface area (Å²) in [7, 11) is -3.48. The van der Waals surface area contributed by atoms with Crippen molar-refractivity contribution in [1.82, 2.24) is 14.7 Å². The van der Waals surface area contributed by atoms with Crippen molar-refractivity contribution in [3.8, 4) is 11.4 Å². The number of benzene rings is 1. The smallest absolute Gasteiger partial charge is 0.260 e. The standard InChI is InChI=1S/C18H17N3O3S3/c22-17-15-13-7-8-25-9-14(13)26-18(15)20-16(19-17)10-1-5-12(6-2-10)27(23,24)21-11-3-4-11/h1-2,5-6,11,21H,3-4,7-9H2,(H,19,20,22). The summed E-state index contributed by atoms with van der Waals surface area (Å²) in [5, 5.41) is 0.715. The summed E-state index contributed by atoms with van der Waals surface area (Å²) >= 11 is 3.47. The first-order chi connectivity index (χ1) is 13.0. The molecule has 1 aliphatic carbocycles. The molecule has 0 saturated heterocycles. The molecule has 2 aromatic heterocycles. The van der Waals surface area contributed by atoms with Crippen LogP contribution in [0, 0.1) is 0 Å². The Balaban J connectivity index is 1.52. The fourth-order valence-corrected chi connectivity index (χ4v) is 6.91. The fourth-order valence-electron chi connectivity index (χ4n) is 3.25. The van der Waals surface area contributed by atoms with Gasteiger partial charge in [-0.15, -0.1) is 11.3 Å². The number of hydrogen-bond donors (Lipinski definition) is 2. The molecule has 1 saturated carbocycles. The van der Waals surface area contributed by atoms with Gasteiger partial charge < -0.3 is 4.98 Å². The zero-order valence-corrected chi connectivity index (χ0v) is 16.8. The summed E-state index contributed by atoms with van der Waals surface area (Å²) in [6.45, 7) is 0. The predicted molar refractivity (Wildman–Crippen MR) is 109 cm³/mol. The van der Waals surface area contributed by atoms with Crippen molar-refractivity contribution in [2.45, 2.75) is 36.0 Å². The largest absolute Gasteiger partial charge is 0.306 e. The highest BCUT2D eigenvalue weighted by Gasteiger charge is 2.28. The molecule has 3 heterocycles. The van der Waals surface area contributed by atoms with Gasteiger partial charge >= 0.3 is 0 Å². The lowest BCUT2D eigenvalue weighted by Gasteiger charge is -2.09. The second-order valence-electron chi connectivity index (χ2n) is 6.82. The molecule has 1 aliphatic heterocycles. The monoisotopic (exact) mass is 419 g/mol. The highest BCUT2D eigenvalue weighted by atomic mass is 32.2. The van der Waals surface area contributed by atoms with Gasteiger partial charge in [0.2, 0.25) is 10.0 Å². The van der Waals surface area contributed by atoms with Crippen LogP contribution in [0.2, 0.25) is 0 Å². The first-order valence-electron chi connectivity index (χ1n) is 8.76. The number of nitrogens with one attached hydrogen (secondary N) is 2. The maximum atomic E-state index is 12.7. The predicted octanol–water partition coefficient (Wildman–Crippen LogP) is 2.88. The number of aromatic amines is 1. The first-order valence-corrected chi connectivity index (χ1v) is 12.2. The van der Waals surface area contributed by atoms with Crippen LogP contribution in [0.5, 0.6) is 0 Å². The molecule has 0 amide bonds. The lowest BCUT2D eigenvalue weighted by atomic mass is 10.1. The number of hydrogen-bond acceptors (Lipinski definition) is 6. The van der Waals surface area contributed by atoms with E-state index in [2.05, 4.69) is 14.7 Å². The quantitative estimate of drug-likeness (QED) is 0.678. The highest BCUT2D eigenvalue weighted by molar-refractivity contribution is 7.98. The van der Waals surface area contributed by atoms with Crippen molar-refractivity contribution >= 4 is 43.3 Å². The number of fused-ring (bicyclic) bond motifs is 3. The summed E-state index contributed by atoms with van der Waals surface area (Å²) < 4.78 is 27.2. The maximum absolute atomic E-state index is 12.7. The Morgan fingerprint density at radius 3 is 2.70 bits per heavy atom. The number of sulfonamides is 1. The lowest BCUT2D eigenvalue weighted by Crippen LogP contribution is -2.25. The lowest BCUT2D eigenvalue weighted by molar-refractivity contribution is 0.581. The van der Waals surface area contributed by atoms with Crippen LogP contribution in [-0.4, -0.2) is 30.2 Å².